The molecule has 2 aromatic rings. The first-order valence-electron chi connectivity index (χ1n) is 9.97. The number of hydrogen-bond acceptors (Lipinski definition) is 11. The van der Waals surface area contributed by atoms with Crippen LogP contribution in [0.4, 0.5) is 10.6 Å². The van der Waals surface area contributed by atoms with Crippen molar-refractivity contribution in [3.8, 4) is 0 Å². The predicted molar refractivity (Wildman–Crippen MR) is 108 cm³/mol. The largest absolute Gasteiger partial charge is 0.508 e. The van der Waals surface area contributed by atoms with Crippen LogP contribution in [-0.2, 0) is 38.9 Å². The van der Waals surface area contributed by atoms with Crippen LogP contribution >= 0.6 is 0 Å². The van der Waals surface area contributed by atoms with Crippen LogP contribution in [0.2, 0.25) is 0 Å². The van der Waals surface area contributed by atoms with Gasteiger partial charge in [-0.2, -0.15) is 5.10 Å². The maximum Gasteiger partial charge on any atom is 0.508 e. The Hall–Kier alpha value is -3.41. The number of aromatic nitrogens is 3. The summed E-state index contributed by atoms with van der Waals surface area (Å²) in [6.07, 6.45) is -3.12. The third-order valence-electron chi connectivity index (χ3n) is 4.89. The van der Waals surface area contributed by atoms with Crippen LogP contribution < -0.4 is 5.73 Å². The Labute approximate surface area is 183 Å². The van der Waals surface area contributed by atoms with Gasteiger partial charge >= 0.3 is 18.1 Å². The SMILES string of the molecule is CC(=O)O[C@H]1[C@@H](OC(C)=O)[C@](C)(c2ccc3c(N)ncnn23)O[C@@H]1COC(=O)OC(C)C. The number of esters is 2. The first kappa shape index (κ1) is 23.3. The Morgan fingerprint density at radius 2 is 1.91 bits per heavy atom. The van der Waals surface area contributed by atoms with E-state index in [9.17, 15) is 14.4 Å². The van der Waals surface area contributed by atoms with Crippen molar-refractivity contribution in [2.45, 2.75) is 64.6 Å². The van der Waals surface area contributed by atoms with Gasteiger partial charge in [0.05, 0.1) is 11.8 Å². The summed E-state index contributed by atoms with van der Waals surface area (Å²) < 4.78 is 28.8. The standard InChI is InChI=1S/C20H26N4O8/c1-10(2)29-19(27)28-8-14-16(30-11(3)25)17(31-12(4)26)20(5,32-14)15-7-6-13-18(21)22-9-23-24(13)15/h6-7,9-10,14,16-17H,8H2,1-5H3,(H2,21,22,23)/t14-,16-,17-,20+/m1/s1. The minimum atomic E-state index is -1.34. The van der Waals surface area contributed by atoms with Crippen molar-refractivity contribution in [2.75, 3.05) is 12.3 Å². The summed E-state index contributed by atoms with van der Waals surface area (Å²) in [7, 11) is 0. The molecular formula is C20H26N4O8. The van der Waals surface area contributed by atoms with E-state index in [1.54, 1.807) is 32.9 Å². The molecule has 0 aromatic carbocycles. The normalized spacial score (nSPS) is 25.0. The van der Waals surface area contributed by atoms with Crippen molar-refractivity contribution >= 4 is 29.4 Å². The van der Waals surface area contributed by atoms with E-state index in [0.29, 0.717) is 11.2 Å². The van der Waals surface area contributed by atoms with Crippen LogP contribution in [0.5, 0.6) is 0 Å². The minimum absolute atomic E-state index is 0.240. The molecule has 1 saturated heterocycles. The Morgan fingerprint density at radius 1 is 1.22 bits per heavy atom. The molecule has 3 heterocycles. The van der Waals surface area contributed by atoms with Gasteiger partial charge in [-0.05, 0) is 32.9 Å². The molecule has 174 valence electrons. The van der Waals surface area contributed by atoms with Gasteiger partial charge in [0.1, 0.15) is 30.2 Å². The fraction of sp³-hybridized carbons (Fsp3) is 0.550. The van der Waals surface area contributed by atoms with E-state index in [1.165, 1.54) is 24.7 Å². The Morgan fingerprint density at radius 3 is 2.53 bits per heavy atom. The summed E-state index contributed by atoms with van der Waals surface area (Å²) in [5, 5.41) is 4.22. The summed E-state index contributed by atoms with van der Waals surface area (Å²) >= 11 is 0. The van der Waals surface area contributed by atoms with Crippen molar-refractivity contribution < 1.29 is 38.1 Å². The van der Waals surface area contributed by atoms with Crippen LogP contribution in [0, 0.1) is 0 Å². The molecule has 1 fully saturated rings. The molecule has 2 N–H and O–H groups in total. The van der Waals surface area contributed by atoms with Crippen LogP contribution in [0.1, 0.15) is 40.3 Å². The van der Waals surface area contributed by atoms with Gasteiger partial charge in [-0.3, -0.25) is 9.59 Å². The number of nitrogens with zero attached hydrogens (tertiary/aromatic N) is 3. The van der Waals surface area contributed by atoms with E-state index in [0.717, 1.165) is 0 Å². The summed E-state index contributed by atoms with van der Waals surface area (Å²) in [5.41, 5.74) is 5.57. The van der Waals surface area contributed by atoms with Crippen LogP contribution in [0.3, 0.4) is 0 Å². The van der Waals surface area contributed by atoms with Crippen molar-refractivity contribution in [3.63, 3.8) is 0 Å². The maximum absolute atomic E-state index is 11.9. The maximum atomic E-state index is 11.9. The average Bonchev–Trinajstić information content (AvgIpc) is 3.22. The fourth-order valence-corrected chi connectivity index (χ4v) is 3.68. The van der Waals surface area contributed by atoms with E-state index in [2.05, 4.69) is 10.1 Å². The summed E-state index contributed by atoms with van der Waals surface area (Å²) in [6, 6.07) is 3.38. The summed E-state index contributed by atoms with van der Waals surface area (Å²) in [6.45, 7) is 7.14. The molecule has 3 rings (SSSR count). The Bertz CT molecular complexity index is 1020. The van der Waals surface area contributed by atoms with E-state index in [1.807, 2.05) is 0 Å². The number of fused-ring (bicyclic) bond motifs is 1. The van der Waals surface area contributed by atoms with Gasteiger partial charge in [0, 0.05) is 13.8 Å². The highest BCUT2D eigenvalue weighted by atomic mass is 16.7. The first-order chi connectivity index (χ1) is 15.0. The van der Waals surface area contributed by atoms with E-state index in [4.69, 9.17) is 29.4 Å². The molecule has 0 saturated carbocycles. The molecule has 0 bridgehead atoms. The number of anilines is 1. The molecule has 0 unspecified atom stereocenters. The average molecular weight is 450 g/mol. The van der Waals surface area contributed by atoms with Gasteiger partial charge < -0.3 is 29.4 Å². The van der Waals surface area contributed by atoms with Gasteiger partial charge in [-0.15, -0.1) is 0 Å². The van der Waals surface area contributed by atoms with Gasteiger partial charge in [-0.1, -0.05) is 0 Å². The van der Waals surface area contributed by atoms with E-state index in [-0.39, 0.29) is 18.5 Å². The molecule has 0 spiro atoms. The second-order valence-corrected chi connectivity index (χ2v) is 7.76. The number of rotatable bonds is 6. The van der Waals surface area contributed by atoms with Gasteiger partial charge in [0.25, 0.3) is 0 Å². The van der Waals surface area contributed by atoms with Crippen molar-refractivity contribution in [3.05, 3.63) is 24.2 Å². The zero-order chi connectivity index (χ0) is 23.6. The lowest BCUT2D eigenvalue weighted by Gasteiger charge is -2.30. The lowest BCUT2D eigenvalue weighted by atomic mass is 9.92. The molecule has 32 heavy (non-hydrogen) atoms. The lowest BCUT2D eigenvalue weighted by Crippen LogP contribution is -2.45. The highest BCUT2D eigenvalue weighted by Gasteiger charge is 2.59. The molecule has 12 heteroatoms. The second-order valence-electron chi connectivity index (χ2n) is 7.76. The highest BCUT2D eigenvalue weighted by molar-refractivity contribution is 5.68. The zero-order valence-corrected chi connectivity index (χ0v) is 18.4. The van der Waals surface area contributed by atoms with Crippen molar-refractivity contribution in [1.82, 2.24) is 14.6 Å². The molecule has 4 atom stereocenters. The van der Waals surface area contributed by atoms with E-state index >= 15 is 0 Å². The molecule has 1 aliphatic rings. The molecular weight excluding hydrogens is 424 g/mol. The van der Waals surface area contributed by atoms with Crippen molar-refractivity contribution in [2.24, 2.45) is 0 Å². The number of carbonyl (C=O) groups excluding carboxylic acids is 3. The summed E-state index contributed by atoms with van der Waals surface area (Å²) in [5.74, 6) is -0.996. The lowest BCUT2D eigenvalue weighted by molar-refractivity contribution is -0.168. The minimum Gasteiger partial charge on any atom is -0.456 e. The third-order valence-corrected chi connectivity index (χ3v) is 4.89. The highest BCUT2D eigenvalue weighted by Crippen LogP contribution is 2.43. The quantitative estimate of drug-likeness (QED) is 0.501. The molecule has 0 radical (unpaired) electrons. The molecule has 0 aliphatic carbocycles. The predicted octanol–water partition coefficient (Wildman–Crippen LogP) is 1.35. The number of carbonyl (C=O) groups is 3. The van der Waals surface area contributed by atoms with Gasteiger partial charge in [0.15, 0.2) is 18.0 Å². The number of nitrogens with two attached hydrogens (primary N) is 1. The van der Waals surface area contributed by atoms with Crippen LogP contribution in [0.25, 0.3) is 5.52 Å². The number of hydrogen-bond donors (Lipinski definition) is 1. The fourth-order valence-electron chi connectivity index (χ4n) is 3.68. The number of ether oxygens (including phenoxy) is 5. The topological polar surface area (TPSA) is 154 Å². The first-order valence-corrected chi connectivity index (χ1v) is 9.97. The third kappa shape index (κ3) is 4.59. The van der Waals surface area contributed by atoms with Gasteiger partial charge in [-0.25, -0.2) is 14.3 Å². The molecule has 2 aromatic heterocycles. The zero-order valence-electron chi connectivity index (χ0n) is 18.4. The molecule has 0 amide bonds. The molecule has 12 nitrogen and oxygen atoms in total. The molecule has 1 aliphatic heterocycles. The Kier molecular flexibility index (Phi) is 6.53. The van der Waals surface area contributed by atoms with Crippen LogP contribution in [-0.4, -0.2) is 63.7 Å². The number of nitrogen functional groups attached to an aromatic ring is 1. The Balaban J connectivity index is 2.00. The van der Waals surface area contributed by atoms with Crippen LogP contribution in [0.15, 0.2) is 18.5 Å². The summed E-state index contributed by atoms with van der Waals surface area (Å²) in [4.78, 5) is 39.6. The van der Waals surface area contributed by atoms with Crippen molar-refractivity contribution in [1.29, 1.82) is 0 Å². The van der Waals surface area contributed by atoms with E-state index < -0.39 is 42.0 Å². The smallest absolute Gasteiger partial charge is 0.456 e. The van der Waals surface area contributed by atoms with Gasteiger partial charge in [0.2, 0.25) is 0 Å². The monoisotopic (exact) mass is 450 g/mol. The second kappa shape index (κ2) is 8.99.